The van der Waals surface area contributed by atoms with Gasteiger partial charge in [0.15, 0.2) is 0 Å². The number of benzene rings is 1. The van der Waals surface area contributed by atoms with Crippen LogP contribution in [0.15, 0.2) is 18.2 Å². The first-order valence-electron chi connectivity index (χ1n) is 5.37. The van der Waals surface area contributed by atoms with Gasteiger partial charge in [-0.05, 0) is 23.5 Å². The monoisotopic (exact) mass is 220 g/mol. The quantitative estimate of drug-likeness (QED) is 0.833. The van der Waals surface area contributed by atoms with Gasteiger partial charge >= 0.3 is 5.97 Å². The Labute approximate surface area is 95.0 Å². The number of hydrogen-bond donors (Lipinski definition) is 1. The fourth-order valence-corrected chi connectivity index (χ4v) is 2.68. The van der Waals surface area contributed by atoms with Gasteiger partial charge in [-0.3, -0.25) is 4.79 Å². The van der Waals surface area contributed by atoms with E-state index in [4.69, 9.17) is 4.74 Å². The van der Waals surface area contributed by atoms with Crippen LogP contribution in [0.4, 0.5) is 0 Å². The van der Waals surface area contributed by atoms with E-state index in [9.17, 15) is 9.90 Å². The van der Waals surface area contributed by atoms with Gasteiger partial charge in [-0.25, -0.2) is 0 Å². The summed E-state index contributed by atoms with van der Waals surface area (Å²) in [6.07, 6.45) is 0.637. The second kappa shape index (κ2) is 3.51. The van der Waals surface area contributed by atoms with E-state index < -0.39 is 11.9 Å². The third-order valence-electron chi connectivity index (χ3n) is 3.34. The minimum Gasteiger partial charge on any atom is -0.496 e. The van der Waals surface area contributed by atoms with Crippen molar-refractivity contribution in [3.05, 3.63) is 29.3 Å². The Kier molecular flexibility index (Phi) is 2.41. The van der Waals surface area contributed by atoms with Crippen molar-refractivity contribution in [2.45, 2.75) is 31.6 Å². The van der Waals surface area contributed by atoms with Gasteiger partial charge in [-0.2, -0.15) is 0 Å². The SMILES string of the molecule is COc1cccc2c1C(C)(C)CC2C(=O)O. The lowest BCUT2D eigenvalue weighted by Gasteiger charge is -2.21. The molecule has 0 heterocycles. The molecule has 2 rings (SSSR count). The molecule has 0 saturated carbocycles. The highest BCUT2D eigenvalue weighted by atomic mass is 16.5. The molecular weight excluding hydrogens is 204 g/mol. The molecule has 1 aromatic rings. The van der Waals surface area contributed by atoms with Crippen molar-refractivity contribution >= 4 is 5.97 Å². The Bertz CT molecular complexity index is 435. The molecule has 3 heteroatoms. The summed E-state index contributed by atoms with van der Waals surface area (Å²) in [5, 5.41) is 9.22. The summed E-state index contributed by atoms with van der Waals surface area (Å²) in [7, 11) is 1.62. The molecular formula is C13H16O3. The first-order valence-corrected chi connectivity index (χ1v) is 5.37. The van der Waals surface area contributed by atoms with Crippen molar-refractivity contribution in [1.29, 1.82) is 0 Å². The molecule has 1 atom stereocenters. The maximum atomic E-state index is 11.2. The van der Waals surface area contributed by atoms with Gasteiger partial charge in [-0.1, -0.05) is 26.0 Å². The zero-order valence-electron chi connectivity index (χ0n) is 9.78. The van der Waals surface area contributed by atoms with Gasteiger partial charge in [0.1, 0.15) is 5.75 Å². The molecule has 0 fully saturated rings. The van der Waals surface area contributed by atoms with Crippen LogP contribution in [0.5, 0.6) is 5.75 Å². The maximum absolute atomic E-state index is 11.2. The van der Waals surface area contributed by atoms with Gasteiger partial charge in [0.05, 0.1) is 13.0 Å². The molecule has 3 nitrogen and oxygen atoms in total. The molecule has 1 aliphatic rings. The summed E-state index contributed by atoms with van der Waals surface area (Å²) < 4.78 is 5.33. The number of carbonyl (C=O) groups is 1. The van der Waals surface area contributed by atoms with Crippen LogP contribution in [0.25, 0.3) is 0 Å². The Hall–Kier alpha value is -1.51. The van der Waals surface area contributed by atoms with Crippen LogP contribution >= 0.6 is 0 Å². The lowest BCUT2D eigenvalue weighted by Crippen LogP contribution is -2.15. The third kappa shape index (κ3) is 1.47. The summed E-state index contributed by atoms with van der Waals surface area (Å²) in [4.78, 5) is 11.2. The molecule has 16 heavy (non-hydrogen) atoms. The van der Waals surface area contributed by atoms with Crippen molar-refractivity contribution < 1.29 is 14.6 Å². The van der Waals surface area contributed by atoms with E-state index in [1.807, 2.05) is 18.2 Å². The summed E-state index contributed by atoms with van der Waals surface area (Å²) in [5.74, 6) is -0.355. The Morgan fingerprint density at radius 3 is 2.75 bits per heavy atom. The van der Waals surface area contributed by atoms with Gasteiger partial charge in [0.2, 0.25) is 0 Å². The van der Waals surface area contributed by atoms with E-state index in [0.717, 1.165) is 16.9 Å². The molecule has 1 unspecified atom stereocenters. The molecule has 0 aliphatic heterocycles. The van der Waals surface area contributed by atoms with Crippen molar-refractivity contribution in [3.63, 3.8) is 0 Å². The molecule has 0 radical (unpaired) electrons. The third-order valence-corrected chi connectivity index (χ3v) is 3.34. The predicted octanol–water partition coefficient (Wildman–Crippen LogP) is 2.54. The predicted molar refractivity (Wildman–Crippen MR) is 61.0 cm³/mol. The second-order valence-electron chi connectivity index (χ2n) is 4.90. The number of ether oxygens (including phenoxy) is 1. The van der Waals surface area contributed by atoms with Crippen LogP contribution < -0.4 is 4.74 Å². The summed E-state index contributed by atoms with van der Waals surface area (Å²) >= 11 is 0. The molecule has 1 aliphatic carbocycles. The van der Waals surface area contributed by atoms with E-state index in [1.54, 1.807) is 7.11 Å². The van der Waals surface area contributed by atoms with Crippen molar-refractivity contribution in [2.24, 2.45) is 0 Å². The molecule has 86 valence electrons. The number of fused-ring (bicyclic) bond motifs is 1. The van der Waals surface area contributed by atoms with Gasteiger partial charge < -0.3 is 9.84 Å². The summed E-state index contributed by atoms with van der Waals surface area (Å²) in [6.45, 7) is 4.13. The number of hydrogen-bond acceptors (Lipinski definition) is 2. The van der Waals surface area contributed by atoms with Crippen molar-refractivity contribution in [3.8, 4) is 5.75 Å². The molecule has 0 saturated heterocycles. The van der Waals surface area contributed by atoms with Gasteiger partial charge in [-0.15, -0.1) is 0 Å². The zero-order valence-corrected chi connectivity index (χ0v) is 9.78. The number of carboxylic acid groups (broad SMARTS) is 1. The Balaban J connectivity index is 2.62. The lowest BCUT2D eigenvalue weighted by molar-refractivity contribution is -0.139. The molecule has 0 bridgehead atoms. The van der Waals surface area contributed by atoms with Crippen LogP contribution in [0.1, 0.15) is 37.3 Å². The minimum atomic E-state index is -0.750. The fourth-order valence-electron chi connectivity index (χ4n) is 2.68. The number of methoxy groups -OCH3 is 1. The Morgan fingerprint density at radius 2 is 2.19 bits per heavy atom. The van der Waals surface area contributed by atoms with Gasteiger partial charge in [0, 0.05) is 5.56 Å². The molecule has 1 aromatic carbocycles. The molecule has 0 spiro atoms. The van der Waals surface area contributed by atoms with E-state index in [1.165, 1.54) is 0 Å². The van der Waals surface area contributed by atoms with Crippen LogP contribution in [0.3, 0.4) is 0 Å². The number of carboxylic acids is 1. The maximum Gasteiger partial charge on any atom is 0.311 e. The van der Waals surface area contributed by atoms with Crippen LogP contribution in [0, 0.1) is 0 Å². The second-order valence-corrected chi connectivity index (χ2v) is 4.90. The smallest absolute Gasteiger partial charge is 0.311 e. The highest BCUT2D eigenvalue weighted by Crippen LogP contribution is 2.49. The fraction of sp³-hybridized carbons (Fsp3) is 0.462. The average molecular weight is 220 g/mol. The standard InChI is InChI=1S/C13H16O3/c1-13(2)7-9(12(14)15)8-5-4-6-10(16-3)11(8)13/h4-6,9H,7H2,1-3H3,(H,14,15). The molecule has 1 N–H and O–H groups in total. The first kappa shape index (κ1) is 11.0. The van der Waals surface area contributed by atoms with E-state index >= 15 is 0 Å². The minimum absolute atomic E-state index is 0.134. The van der Waals surface area contributed by atoms with E-state index in [-0.39, 0.29) is 5.41 Å². The van der Waals surface area contributed by atoms with Crippen molar-refractivity contribution in [2.75, 3.05) is 7.11 Å². The average Bonchev–Trinajstić information content (AvgIpc) is 2.51. The first-order chi connectivity index (χ1) is 7.47. The largest absolute Gasteiger partial charge is 0.496 e. The highest BCUT2D eigenvalue weighted by molar-refractivity contribution is 5.79. The van der Waals surface area contributed by atoms with E-state index in [2.05, 4.69) is 13.8 Å². The molecule has 0 aromatic heterocycles. The number of aliphatic carboxylic acids is 1. The normalized spacial score (nSPS) is 21.6. The Morgan fingerprint density at radius 1 is 1.50 bits per heavy atom. The van der Waals surface area contributed by atoms with Crippen LogP contribution in [0.2, 0.25) is 0 Å². The molecule has 0 amide bonds. The van der Waals surface area contributed by atoms with Crippen LogP contribution in [-0.2, 0) is 10.2 Å². The summed E-state index contributed by atoms with van der Waals surface area (Å²) in [5.41, 5.74) is 1.81. The zero-order chi connectivity index (χ0) is 11.9. The van der Waals surface area contributed by atoms with Crippen molar-refractivity contribution in [1.82, 2.24) is 0 Å². The van der Waals surface area contributed by atoms with Gasteiger partial charge in [0.25, 0.3) is 0 Å². The highest BCUT2D eigenvalue weighted by Gasteiger charge is 2.42. The van der Waals surface area contributed by atoms with Crippen LogP contribution in [-0.4, -0.2) is 18.2 Å². The van der Waals surface area contributed by atoms with E-state index in [0.29, 0.717) is 6.42 Å². The lowest BCUT2D eigenvalue weighted by atomic mass is 9.85. The topological polar surface area (TPSA) is 46.5 Å². The summed E-state index contributed by atoms with van der Waals surface area (Å²) in [6, 6.07) is 5.64. The number of rotatable bonds is 2.